The minimum atomic E-state index is -3.92. The van der Waals surface area contributed by atoms with Gasteiger partial charge >= 0.3 is 0 Å². The van der Waals surface area contributed by atoms with Crippen LogP contribution in [0, 0.1) is 5.82 Å². The summed E-state index contributed by atoms with van der Waals surface area (Å²) in [6.45, 7) is 0.303. The van der Waals surface area contributed by atoms with Gasteiger partial charge in [-0.25, -0.2) is 9.22 Å². The Hall–Kier alpha value is -2.62. The molecule has 0 aliphatic heterocycles. The van der Waals surface area contributed by atoms with E-state index in [0.29, 0.717) is 33.2 Å². The number of nitrogens with zero attached hydrogens (tertiary/aromatic N) is 1. The number of nitrogens with one attached hydrogen (secondary N) is 1. The van der Waals surface area contributed by atoms with E-state index in [0.717, 1.165) is 29.8 Å². The molecule has 0 aliphatic carbocycles. The Labute approximate surface area is 192 Å². The van der Waals surface area contributed by atoms with E-state index in [4.69, 9.17) is 21.1 Å². The van der Waals surface area contributed by atoms with Crippen molar-refractivity contribution < 1.29 is 22.3 Å². The first-order valence-corrected chi connectivity index (χ1v) is 11.5. The van der Waals surface area contributed by atoms with Crippen LogP contribution in [0.2, 0.25) is 5.02 Å². The molecule has 3 aromatic carbocycles. The van der Waals surface area contributed by atoms with E-state index in [1.807, 2.05) is 12.1 Å². The zero-order valence-corrected chi connectivity index (χ0v) is 19.3. The van der Waals surface area contributed by atoms with Crippen LogP contribution in [0.3, 0.4) is 0 Å². The molecule has 6 nitrogen and oxygen atoms in total. The average molecular weight is 528 g/mol. The van der Waals surface area contributed by atoms with Gasteiger partial charge in [-0.05, 0) is 75.6 Å². The van der Waals surface area contributed by atoms with Crippen molar-refractivity contribution >= 4 is 43.8 Å². The maximum absolute atomic E-state index is 13.0. The Kier molecular flexibility index (Phi) is 7.53. The molecule has 0 heterocycles. The number of rotatable bonds is 8. The lowest BCUT2D eigenvalue weighted by Crippen LogP contribution is -2.18. The van der Waals surface area contributed by atoms with E-state index >= 15 is 0 Å². The molecule has 0 bridgehead atoms. The molecule has 0 atom stereocenters. The third-order valence-corrected chi connectivity index (χ3v) is 6.14. The minimum Gasteiger partial charge on any atom is -0.493 e. The van der Waals surface area contributed by atoms with Gasteiger partial charge in [0, 0.05) is 5.02 Å². The normalized spacial score (nSPS) is 11.5. The molecule has 10 heteroatoms. The van der Waals surface area contributed by atoms with Gasteiger partial charge in [0.15, 0.2) is 11.5 Å². The Morgan fingerprint density at radius 1 is 1.13 bits per heavy atom. The van der Waals surface area contributed by atoms with Gasteiger partial charge in [-0.3, -0.25) is 0 Å². The predicted molar refractivity (Wildman–Crippen MR) is 121 cm³/mol. The Morgan fingerprint density at radius 2 is 1.81 bits per heavy atom. The van der Waals surface area contributed by atoms with Gasteiger partial charge in [0.05, 0.1) is 22.7 Å². The smallest absolute Gasteiger partial charge is 0.276 e. The van der Waals surface area contributed by atoms with Gasteiger partial charge in [0.25, 0.3) is 10.0 Å². The first kappa shape index (κ1) is 23.1. The summed E-state index contributed by atoms with van der Waals surface area (Å²) in [5, 5.41) is 4.41. The van der Waals surface area contributed by atoms with Gasteiger partial charge in [-0.1, -0.05) is 23.7 Å². The van der Waals surface area contributed by atoms with Crippen molar-refractivity contribution in [2.24, 2.45) is 5.10 Å². The summed E-state index contributed by atoms with van der Waals surface area (Å²) in [6, 6.07) is 15.0. The molecule has 0 aliphatic rings. The highest BCUT2D eigenvalue weighted by atomic mass is 79.9. The van der Waals surface area contributed by atoms with Crippen LogP contribution in [0.4, 0.5) is 4.39 Å². The van der Waals surface area contributed by atoms with Crippen LogP contribution in [0.5, 0.6) is 11.5 Å². The second kappa shape index (κ2) is 10.1. The lowest BCUT2D eigenvalue weighted by Gasteiger charge is -2.13. The molecule has 0 radical (unpaired) electrons. The minimum absolute atomic E-state index is 0.101. The molecule has 0 amide bonds. The standard InChI is InChI=1S/C21H17BrClFN2O4S/c1-29-20-11-15(12-25-26-31(27,28)18-8-6-17(24)7-9-18)10-19(22)21(20)30-13-14-2-4-16(23)5-3-14/h2-12,26H,13H2,1H3/b25-12-. The van der Waals surface area contributed by atoms with Crippen LogP contribution in [0.25, 0.3) is 0 Å². The van der Waals surface area contributed by atoms with E-state index in [9.17, 15) is 12.8 Å². The highest BCUT2D eigenvalue weighted by Crippen LogP contribution is 2.37. The quantitative estimate of drug-likeness (QED) is 0.325. The Balaban J connectivity index is 1.72. The molecule has 1 N–H and O–H groups in total. The van der Waals surface area contributed by atoms with Gasteiger partial charge in [-0.2, -0.15) is 13.5 Å². The zero-order valence-electron chi connectivity index (χ0n) is 16.2. The number of sulfonamides is 1. The van der Waals surface area contributed by atoms with Gasteiger partial charge < -0.3 is 9.47 Å². The summed E-state index contributed by atoms with van der Waals surface area (Å²) in [7, 11) is -2.42. The lowest BCUT2D eigenvalue weighted by atomic mass is 10.2. The summed E-state index contributed by atoms with van der Waals surface area (Å²) >= 11 is 9.33. The first-order valence-electron chi connectivity index (χ1n) is 8.84. The van der Waals surface area contributed by atoms with Crippen LogP contribution < -0.4 is 14.3 Å². The third-order valence-electron chi connectivity index (χ3n) is 4.06. The van der Waals surface area contributed by atoms with Crippen LogP contribution in [-0.4, -0.2) is 21.7 Å². The topological polar surface area (TPSA) is 77.0 Å². The summed E-state index contributed by atoms with van der Waals surface area (Å²) < 4.78 is 49.3. The predicted octanol–water partition coefficient (Wildman–Crippen LogP) is 5.14. The molecule has 0 aromatic heterocycles. The molecule has 0 fully saturated rings. The number of hydrazone groups is 1. The number of hydrogen-bond donors (Lipinski definition) is 1. The fourth-order valence-corrected chi connectivity index (χ4v) is 4.02. The van der Waals surface area contributed by atoms with Crippen LogP contribution in [-0.2, 0) is 16.6 Å². The molecule has 0 unspecified atom stereocenters. The van der Waals surface area contributed by atoms with Gasteiger partial charge in [0.1, 0.15) is 12.4 Å². The fraction of sp³-hybridized carbons (Fsp3) is 0.0952. The van der Waals surface area contributed by atoms with E-state index in [1.165, 1.54) is 13.3 Å². The van der Waals surface area contributed by atoms with E-state index in [-0.39, 0.29) is 4.90 Å². The molecule has 31 heavy (non-hydrogen) atoms. The average Bonchev–Trinajstić information content (AvgIpc) is 2.74. The van der Waals surface area contributed by atoms with Crippen LogP contribution >= 0.6 is 27.5 Å². The maximum Gasteiger partial charge on any atom is 0.276 e. The molecule has 0 saturated heterocycles. The lowest BCUT2D eigenvalue weighted by molar-refractivity contribution is 0.282. The zero-order chi connectivity index (χ0) is 22.4. The molecular weight excluding hydrogens is 511 g/mol. The summed E-state index contributed by atoms with van der Waals surface area (Å²) in [4.78, 5) is 1.99. The van der Waals surface area contributed by atoms with E-state index in [1.54, 1.807) is 24.3 Å². The van der Waals surface area contributed by atoms with E-state index in [2.05, 4.69) is 25.9 Å². The van der Waals surface area contributed by atoms with Crippen molar-refractivity contribution in [3.63, 3.8) is 0 Å². The van der Waals surface area contributed by atoms with Crippen molar-refractivity contribution in [2.45, 2.75) is 11.5 Å². The Morgan fingerprint density at radius 3 is 2.45 bits per heavy atom. The van der Waals surface area contributed by atoms with Crippen molar-refractivity contribution in [1.82, 2.24) is 4.83 Å². The van der Waals surface area contributed by atoms with E-state index < -0.39 is 15.8 Å². The highest BCUT2D eigenvalue weighted by molar-refractivity contribution is 9.10. The number of ether oxygens (including phenoxy) is 2. The first-order chi connectivity index (χ1) is 14.8. The highest BCUT2D eigenvalue weighted by Gasteiger charge is 2.14. The number of benzene rings is 3. The Bertz CT molecular complexity index is 1190. The number of halogens is 3. The maximum atomic E-state index is 13.0. The summed E-state index contributed by atoms with van der Waals surface area (Å²) in [6.07, 6.45) is 1.32. The van der Waals surface area contributed by atoms with Gasteiger partial charge in [-0.15, -0.1) is 0 Å². The van der Waals surface area contributed by atoms with Crippen LogP contribution in [0.1, 0.15) is 11.1 Å². The SMILES string of the molecule is COc1cc(/C=N\NS(=O)(=O)c2ccc(F)cc2)cc(Br)c1OCc1ccc(Cl)cc1. The molecule has 3 rings (SSSR count). The van der Waals surface area contributed by atoms with Crippen molar-refractivity contribution in [3.8, 4) is 11.5 Å². The molecule has 162 valence electrons. The molecule has 0 spiro atoms. The van der Waals surface area contributed by atoms with Crippen LogP contribution in [0.15, 0.2) is 75.1 Å². The molecule has 0 saturated carbocycles. The van der Waals surface area contributed by atoms with Gasteiger partial charge in [0.2, 0.25) is 0 Å². The second-order valence-electron chi connectivity index (χ2n) is 6.26. The largest absolute Gasteiger partial charge is 0.493 e. The number of methoxy groups -OCH3 is 1. The molecular formula is C21H17BrClFN2O4S. The molecule has 3 aromatic rings. The summed E-state index contributed by atoms with van der Waals surface area (Å²) in [5.41, 5.74) is 1.49. The van der Waals surface area contributed by atoms with Crippen molar-refractivity contribution in [2.75, 3.05) is 7.11 Å². The van der Waals surface area contributed by atoms with Crippen molar-refractivity contribution in [3.05, 3.63) is 87.1 Å². The monoisotopic (exact) mass is 526 g/mol. The number of hydrogen-bond acceptors (Lipinski definition) is 5. The van der Waals surface area contributed by atoms with Crippen molar-refractivity contribution in [1.29, 1.82) is 0 Å². The summed E-state index contributed by atoms with van der Waals surface area (Å²) in [5.74, 6) is 0.394. The fourth-order valence-electron chi connectivity index (χ4n) is 2.53. The second-order valence-corrected chi connectivity index (χ2v) is 9.21. The third kappa shape index (κ3) is 6.19.